The Balaban J connectivity index is 1.35. The van der Waals surface area contributed by atoms with Crippen molar-refractivity contribution in [1.29, 1.82) is 0 Å². The van der Waals surface area contributed by atoms with E-state index >= 15 is 0 Å². The Morgan fingerprint density at radius 1 is 1.03 bits per heavy atom. The van der Waals surface area contributed by atoms with E-state index in [2.05, 4.69) is 64.2 Å². The van der Waals surface area contributed by atoms with Crippen molar-refractivity contribution >= 4 is 45.6 Å². The van der Waals surface area contributed by atoms with Gasteiger partial charge in [-0.25, -0.2) is 8.51 Å². The van der Waals surface area contributed by atoms with E-state index in [0.717, 1.165) is 33.1 Å². The number of rotatable bonds is 8. The van der Waals surface area contributed by atoms with Gasteiger partial charge in [0.05, 0.1) is 15.6 Å². The number of benzene rings is 2. The van der Waals surface area contributed by atoms with E-state index in [0.29, 0.717) is 0 Å². The van der Waals surface area contributed by atoms with E-state index in [1.165, 1.54) is 30.5 Å². The molecule has 2 aromatic carbocycles. The van der Waals surface area contributed by atoms with Crippen molar-refractivity contribution in [2.75, 3.05) is 36.8 Å². The highest BCUT2D eigenvalue weighted by molar-refractivity contribution is 8.02. The van der Waals surface area contributed by atoms with Crippen LogP contribution in [0.15, 0.2) is 75.1 Å². The van der Waals surface area contributed by atoms with Gasteiger partial charge in [-0.05, 0) is 81.1 Å². The van der Waals surface area contributed by atoms with Crippen molar-refractivity contribution in [2.24, 2.45) is 5.92 Å². The molecular weight excluding hydrogens is 442 g/mol. The van der Waals surface area contributed by atoms with E-state index < -0.39 is 11.0 Å². The van der Waals surface area contributed by atoms with Crippen molar-refractivity contribution in [3.05, 3.63) is 72.3 Å². The number of piperidine rings is 1. The van der Waals surface area contributed by atoms with Gasteiger partial charge in [0.25, 0.3) is 0 Å². The summed E-state index contributed by atoms with van der Waals surface area (Å²) in [5.74, 6) is 0.759. The Hall–Kier alpha value is -1.80. The third-order valence-electron chi connectivity index (χ3n) is 5.55. The number of para-hydroxylation sites is 2. The summed E-state index contributed by atoms with van der Waals surface area (Å²) in [5.41, 5.74) is 3.85. The maximum Gasteiger partial charge on any atom is 0.137 e. The molecule has 4 nitrogen and oxygen atoms in total. The number of thiophene rings is 1. The summed E-state index contributed by atoms with van der Waals surface area (Å²) in [4.78, 5) is 2.51. The molecule has 1 unspecified atom stereocenters. The molecule has 1 aliphatic rings. The van der Waals surface area contributed by atoms with Crippen LogP contribution in [0, 0.1) is 5.92 Å². The fourth-order valence-electron chi connectivity index (χ4n) is 3.90. The quantitative estimate of drug-likeness (QED) is 0.414. The molecular formula is C24H29N3OS3. The van der Waals surface area contributed by atoms with Gasteiger partial charge >= 0.3 is 0 Å². The molecule has 0 radical (unpaired) electrons. The van der Waals surface area contributed by atoms with Crippen LogP contribution in [0.2, 0.25) is 0 Å². The second kappa shape index (κ2) is 10.7. The summed E-state index contributed by atoms with van der Waals surface area (Å²) >= 11 is 3.17. The van der Waals surface area contributed by atoms with E-state index in [1.807, 2.05) is 26.2 Å². The third kappa shape index (κ3) is 5.92. The highest BCUT2D eigenvalue weighted by atomic mass is 32.2. The molecule has 1 atom stereocenters. The first kappa shape index (κ1) is 22.4. The van der Waals surface area contributed by atoms with Crippen LogP contribution in [0.3, 0.4) is 0 Å². The molecule has 1 aliphatic heterocycles. The van der Waals surface area contributed by atoms with Crippen LogP contribution in [0.5, 0.6) is 0 Å². The van der Waals surface area contributed by atoms with Crippen LogP contribution in [-0.4, -0.2) is 35.7 Å². The molecule has 31 heavy (non-hydrogen) atoms. The Labute approximate surface area is 196 Å². The lowest BCUT2D eigenvalue weighted by molar-refractivity contribution is 0.404. The van der Waals surface area contributed by atoms with Crippen LogP contribution in [0.25, 0.3) is 0 Å². The fraction of sp³-hybridized carbons (Fsp3) is 0.333. The zero-order valence-corrected chi connectivity index (χ0v) is 20.4. The fourth-order valence-corrected chi connectivity index (χ4v) is 7.15. The van der Waals surface area contributed by atoms with Gasteiger partial charge in [-0.2, -0.15) is 0 Å². The van der Waals surface area contributed by atoms with Crippen molar-refractivity contribution in [3.8, 4) is 0 Å². The summed E-state index contributed by atoms with van der Waals surface area (Å²) in [6, 6.07) is 23.4. The summed E-state index contributed by atoms with van der Waals surface area (Å²) < 4.78 is 19.5. The zero-order chi connectivity index (χ0) is 21.6. The zero-order valence-electron chi connectivity index (χ0n) is 18.0. The lowest BCUT2D eigenvalue weighted by atomic mass is 9.90. The summed E-state index contributed by atoms with van der Waals surface area (Å²) in [5, 5.41) is 0. The first-order valence-corrected chi connectivity index (χ1v) is 13.3. The van der Waals surface area contributed by atoms with Crippen LogP contribution < -0.4 is 9.62 Å². The van der Waals surface area contributed by atoms with Crippen molar-refractivity contribution in [2.45, 2.75) is 27.7 Å². The van der Waals surface area contributed by atoms with Gasteiger partial charge in [0.15, 0.2) is 0 Å². The standard InChI is InChI=1S/C24H29N3OS3/c1-26(2)31(28)24-13-12-23(29-24)30-25-21-10-6-7-11-22(21)27-16-14-20(15-17-27)18-19-8-4-3-5-9-19/h3-13,20,25H,14-18H2,1-2H3. The van der Waals surface area contributed by atoms with Gasteiger partial charge in [-0.1, -0.05) is 42.5 Å². The summed E-state index contributed by atoms with van der Waals surface area (Å²) in [6.45, 7) is 2.18. The van der Waals surface area contributed by atoms with E-state index in [1.54, 1.807) is 27.6 Å². The number of anilines is 2. The molecule has 1 aromatic heterocycles. The highest BCUT2D eigenvalue weighted by Crippen LogP contribution is 2.35. The minimum atomic E-state index is -1.09. The lowest BCUT2D eigenvalue weighted by Crippen LogP contribution is -2.34. The predicted octanol–water partition coefficient (Wildman–Crippen LogP) is 5.91. The number of hydrogen-bond acceptors (Lipinski definition) is 5. The summed E-state index contributed by atoms with van der Waals surface area (Å²) in [7, 11) is 2.58. The predicted molar refractivity (Wildman–Crippen MR) is 135 cm³/mol. The van der Waals surface area contributed by atoms with Gasteiger partial charge in [-0.3, -0.25) is 0 Å². The molecule has 1 fully saturated rings. The minimum Gasteiger partial charge on any atom is -0.370 e. The molecule has 7 heteroatoms. The normalized spacial score (nSPS) is 15.9. The van der Waals surface area contributed by atoms with E-state index in [-0.39, 0.29) is 0 Å². The largest absolute Gasteiger partial charge is 0.370 e. The molecule has 3 aromatic rings. The van der Waals surface area contributed by atoms with Gasteiger partial charge in [0.2, 0.25) is 0 Å². The van der Waals surface area contributed by atoms with Crippen LogP contribution in [0.1, 0.15) is 18.4 Å². The minimum absolute atomic E-state index is 0.759. The molecule has 0 aliphatic carbocycles. The Kier molecular flexibility index (Phi) is 7.72. The second-order valence-corrected chi connectivity index (χ2v) is 12.1. The maximum absolute atomic E-state index is 12.2. The van der Waals surface area contributed by atoms with Gasteiger partial charge < -0.3 is 9.62 Å². The van der Waals surface area contributed by atoms with Crippen molar-refractivity contribution in [3.63, 3.8) is 0 Å². The smallest absolute Gasteiger partial charge is 0.137 e. The molecule has 0 amide bonds. The van der Waals surface area contributed by atoms with Crippen LogP contribution in [-0.2, 0) is 17.4 Å². The average Bonchev–Trinajstić information content (AvgIpc) is 3.27. The van der Waals surface area contributed by atoms with Gasteiger partial charge in [0, 0.05) is 13.1 Å². The highest BCUT2D eigenvalue weighted by Gasteiger charge is 2.21. The van der Waals surface area contributed by atoms with E-state index in [9.17, 15) is 4.21 Å². The Bertz CT molecular complexity index is 998. The number of hydrogen-bond donors (Lipinski definition) is 1. The molecule has 1 N–H and O–H groups in total. The van der Waals surface area contributed by atoms with E-state index in [4.69, 9.17) is 0 Å². The second-order valence-electron chi connectivity index (χ2n) is 7.98. The van der Waals surface area contributed by atoms with Gasteiger partial charge in [-0.15, -0.1) is 11.3 Å². The first-order valence-electron chi connectivity index (χ1n) is 10.6. The lowest BCUT2D eigenvalue weighted by Gasteiger charge is -2.34. The topological polar surface area (TPSA) is 35.6 Å². The molecule has 0 spiro atoms. The molecule has 164 valence electrons. The number of nitrogens with one attached hydrogen (secondary N) is 1. The number of nitrogens with zero attached hydrogens (tertiary/aromatic N) is 2. The molecule has 2 heterocycles. The van der Waals surface area contributed by atoms with Crippen molar-refractivity contribution in [1.82, 2.24) is 4.31 Å². The van der Waals surface area contributed by atoms with Crippen molar-refractivity contribution < 1.29 is 4.21 Å². The average molecular weight is 472 g/mol. The molecule has 0 saturated carbocycles. The molecule has 4 rings (SSSR count). The molecule has 1 saturated heterocycles. The van der Waals surface area contributed by atoms with Gasteiger partial charge in [0.1, 0.15) is 15.2 Å². The maximum atomic E-state index is 12.2. The summed E-state index contributed by atoms with van der Waals surface area (Å²) in [6.07, 6.45) is 3.63. The van der Waals surface area contributed by atoms with Crippen LogP contribution in [0.4, 0.5) is 11.4 Å². The Morgan fingerprint density at radius 3 is 2.48 bits per heavy atom. The first-order chi connectivity index (χ1) is 15.1. The van der Waals surface area contributed by atoms with Crippen LogP contribution >= 0.6 is 23.3 Å². The third-order valence-corrected chi connectivity index (χ3v) is 9.20. The molecule has 0 bridgehead atoms. The SMILES string of the molecule is CN(C)S(=O)c1ccc(SNc2ccccc2N2CCC(Cc3ccccc3)CC2)s1. The Morgan fingerprint density at radius 2 is 1.74 bits per heavy atom. The monoisotopic (exact) mass is 471 g/mol.